The number of ether oxygens (including phenoxy) is 1. The van der Waals surface area contributed by atoms with Gasteiger partial charge in [-0.2, -0.15) is 4.98 Å². The second kappa shape index (κ2) is 6.12. The van der Waals surface area contributed by atoms with Crippen molar-refractivity contribution in [2.45, 2.75) is 13.3 Å². The molecule has 0 saturated carbocycles. The summed E-state index contributed by atoms with van der Waals surface area (Å²) in [6, 6.07) is 7.73. The number of hydrogen-bond donors (Lipinski definition) is 1. The van der Waals surface area contributed by atoms with Crippen LogP contribution < -0.4 is 4.74 Å². The molecule has 0 saturated heterocycles. The first kappa shape index (κ1) is 15.1. The topological polar surface area (TPSA) is 84.2 Å². The number of aromatic nitrogens is 3. The van der Waals surface area contributed by atoms with Crippen molar-refractivity contribution >= 4 is 16.8 Å². The van der Waals surface area contributed by atoms with E-state index in [4.69, 9.17) is 9.26 Å². The molecule has 120 valence electrons. The third kappa shape index (κ3) is 3.18. The Morgan fingerprint density at radius 1 is 1.39 bits per heavy atom. The van der Waals surface area contributed by atoms with Crippen LogP contribution in [0.1, 0.15) is 12.7 Å². The fourth-order valence-electron chi connectivity index (χ4n) is 2.24. The number of H-pyrrole nitrogens is 1. The molecule has 1 N–H and O–H groups in total. The molecule has 7 nitrogen and oxygen atoms in total. The second-order valence-electron chi connectivity index (χ2n) is 5.34. The van der Waals surface area contributed by atoms with Crippen LogP contribution in [0.4, 0.5) is 0 Å². The van der Waals surface area contributed by atoms with Crippen LogP contribution in [0.3, 0.4) is 0 Å². The molecule has 0 unspecified atom stereocenters. The Labute approximate surface area is 133 Å². The molecule has 0 aliphatic rings. The summed E-state index contributed by atoms with van der Waals surface area (Å²) in [6.07, 6.45) is 0.549. The molecule has 0 bridgehead atoms. The number of methoxy groups -OCH3 is 1. The number of nitrogens with zero attached hydrogens (tertiary/aromatic N) is 3. The van der Waals surface area contributed by atoms with E-state index in [1.807, 2.05) is 24.3 Å². The fourth-order valence-corrected chi connectivity index (χ4v) is 2.24. The highest BCUT2D eigenvalue weighted by molar-refractivity contribution is 5.85. The van der Waals surface area contributed by atoms with Crippen molar-refractivity contribution in [3.8, 4) is 17.3 Å². The van der Waals surface area contributed by atoms with E-state index in [1.165, 1.54) is 6.92 Å². The van der Waals surface area contributed by atoms with Crippen LogP contribution in [0.2, 0.25) is 0 Å². The van der Waals surface area contributed by atoms with Crippen molar-refractivity contribution in [3.63, 3.8) is 0 Å². The van der Waals surface area contributed by atoms with Gasteiger partial charge in [0.05, 0.1) is 7.11 Å². The molecule has 0 spiro atoms. The maximum absolute atomic E-state index is 11.2. The van der Waals surface area contributed by atoms with E-state index in [9.17, 15) is 4.79 Å². The molecule has 0 atom stereocenters. The van der Waals surface area contributed by atoms with Crippen LogP contribution >= 0.6 is 0 Å². The maximum atomic E-state index is 11.2. The summed E-state index contributed by atoms with van der Waals surface area (Å²) in [7, 11) is 3.38. The Balaban J connectivity index is 1.78. The predicted molar refractivity (Wildman–Crippen MR) is 85.2 cm³/mol. The molecule has 0 fully saturated rings. The Bertz CT molecular complexity index is 837. The predicted octanol–water partition coefficient (Wildman–Crippen LogP) is 2.25. The molecule has 2 heterocycles. The van der Waals surface area contributed by atoms with Crippen molar-refractivity contribution in [1.29, 1.82) is 0 Å². The third-order valence-corrected chi connectivity index (χ3v) is 3.74. The van der Waals surface area contributed by atoms with E-state index < -0.39 is 0 Å². The number of likely N-dealkylation sites (N-methyl/N-ethyl adjacent to an activating group) is 1. The minimum absolute atomic E-state index is 0.0123. The highest BCUT2D eigenvalue weighted by Gasteiger charge is 2.13. The van der Waals surface area contributed by atoms with Crippen molar-refractivity contribution in [1.82, 2.24) is 20.0 Å². The lowest BCUT2D eigenvalue weighted by atomic mass is 10.2. The van der Waals surface area contributed by atoms with Gasteiger partial charge >= 0.3 is 0 Å². The summed E-state index contributed by atoms with van der Waals surface area (Å²) in [5.41, 5.74) is 1.70. The van der Waals surface area contributed by atoms with Gasteiger partial charge in [0.2, 0.25) is 5.91 Å². The molecule has 1 aromatic carbocycles. The Kier molecular flexibility index (Phi) is 4.01. The maximum Gasteiger partial charge on any atom is 0.274 e. The van der Waals surface area contributed by atoms with Crippen LogP contribution in [0.5, 0.6) is 5.75 Å². The zero-order valence-electron chi connectivity index (χ0n) is 13.3. The lowest BCUT2D eigenvalue weighted by molar-refractivity contribution is -0.127. The summed E-state index contributed by atoms with van der Waals surface area (Å²) in [4.78, 5) is 20.4. The molecule has 0 radical (unpaired) electrons. The lowest BCUT2D eigenvalue weighted by Crippen LogP contribution is -2.26. The highest BCUT2D eigenvalue weighted by atomic mass is 16.5. The number of carbonyl (C=O) groups is 1. The standard InChI is InChI=1S/C16H18N4O3/c1-10(21)20(2)7-6-15-18-16(23-19-15)14-8-11-4-5-12(22-3)9-13(11)17-14/h4-5,8-9,17H,6-7H2,1-3H3. The zero-order valence-corrected chi connectivity index (χ0v) is 13.3. The molecule has 0 aliphatic heterocycles. The van der Waals surface area contributed by atoms with Crippen molar-refractivity contribution in [2.24, 2.45) is 0 Å². The number of fused-ring (bicyclic) bond motifs is 1. The van der Waals surface area contributed by atoms with Crippen LogP contribution in [0.15, 0.2) is 28.8 Å². The minimum Gasteiger partial charge on any atom is -0.497 e. The normalized spacial score (nSPS) is 10.9. The number of aromatic amines is 1. The average Bonchev–Trinajstić information content (AvgIpc) is 3.17. The molecule has 1 amide bonds. The fraction of sp³-hybridized carbons (Fsp3) is 0.312. The second-order valence-corrected chi connectivity index (χ2v) is 5.34. The molecule has 7 heteroatoms. The summed E-state index contributed by atoms with van der Waals surface area (Å²) in [5, 5.41) is 5.00. The van der Waals surface area contributed by atoms with Gasteiger partial charge in [-0.15, -0.1) is 0 Å². The first-order valence-electron chi connectivity index (χ1n) is 7.28. The molecule has 23 heavy (non-hydrogen) atoms. The van der Waals surface area contributed by atoms with E-state index >= 15 is 0 Å². The zero-order chi connectivity index (χ0) is 16.4. The molecule has 3 rings (SSSR count). The highest BCUT2D eigenvalue weighted by Crippen LogP contribution is 2.26. The van der Waals surface area contributed by atoms with E-state index in [-0.39, 0.29) is 5.91 Å². The molecule has 2 aromatic heterocycles. The molecule has 0 aliphatic carbocycles. The Hall–Kier alpha value is -2.83. The van der Waals surface area contributed by atoms with Crippen molar-refractivity contribution < 1.29 is 14.1 Å². The third-order valence-electron chi connectivity index (χ3n) is 3.74. The van der Waals surface area contributed by atoms with Crippen LogP contribution in [0, 0.1) is 0 Å². The van der Waals surface area contributed by atoms with Gasteiger partial charge in [0.15, 0.2) is 5.82 Å². The largest absolute Gasteiger partial charge is 0.497 e. The van der Waals surface area contributed by atoms with E-state index in [0.29, 0.717) is 24.7 Å². The minimum atomic E-state index is 0.0123. The van der Waals surface area contributed by atoms with Gasteiger partial charge in [-0.1, -0.05) is 5.16 Å². The van der Waals surface area contributed by atoms with Gasteiger partial charge in [0, 0.05) is 43.9 Å². The van der Waals surface area contributed by atoms with Gasteiger partial charge < -0.3 is 19.1 Å². The van der Waals surface area contributed by atoms with Gasteiger partial charge in [-0.05, 0) is 18.2 Å². The van der Waals surface area contributed by atoms with Gasteiger partial charge in [0.1, 0.15) is 11.4 Å². The SMILES string of the molecule is COc1ccc2cc(-c3nc(CCN(C)C(C)=O)no3)[nH]c2c1. The van der Waals surface area contributed by atoms with Crippen LogP contribution in [-0.2, 0) is 11.2 Å². The van der Waals surface area contributed by atoms with Crippen LogP contribution in [0.25, 0.3) is 22.5 Å². The van der Waals surface area contributed by atoms with Crippen LogP contribution in [-0.4, -0.2) is 46.6 Å². The quantitative estimate of drug-likeness (QED) is 0.781. The smallest absolute Gasteiger partial charge is 0.274 e. The molecule has 3 aromatic rings. The number of rotatable bonds is 5. The van der Waals surface area contributed by atoms with E-state index in [0.717, 1.165) is 22.3 Å². The summed E-state index contributed by atoms with van der Waals surface area (Å²) < 4.78 is 10.5. The first-order valence-corrected chi connectivity index (χ1v) is 7.28. The summed E-state index contributed by atoms with van der Waals surface area (Å²) in [5.74, 6) is 1.80. The lowest BCUT2D eigenvalue weighted by Gasteiger charge is -2.12. The van der Waals surface area contributed by atoms with Gasteiger partial charge in [-0.25, -0.2) is 0 Å². The van der Waals surface area contributed by atoms with Crippen molar-refractivity contribution in [3.05, 3.63) is 30.1 Å². The number of benzene rings is 1. The van der Waals surface area contributed by atoms with Gasteiger partial charge in [-0.3, -0.25) is 4.79 Å². The number of nitrogens with one attached hydrogen (secondary N) is 1. The summed E-state index contributed by atoms with van der Waals surface area (Å²) in [6.45, 7) is 2.08. The first-order chi connectivity index (χ1) is 11.1. The van der Waals surface area contributed by atoms with E-state index in [2.05, 4.69) is 15.1 Å². The number of hydrogen-bond acceptors (Lipinski definition) is 5. The van der Waals surface area contributed by atoms with Crippen molar-refractivity contribution in [2.75, 3.05) is 20.7 Å². The van der Waals surface area contributed by atoms with E-state index in [1.54, 1.807) is 19.1 Å². The van der Waals surface area contributed by atoms with Gasteiger partial charge in [0.25, 0.3) is 5.89 Å². The monoisotopic (exact) mass is 314 g/mol. The molecular formula is C16H18N4O3. The number of carbonyl (C=O) groups excluding carboxylic acids is 1. The average molecular weight is 314 g/mol. The summed E-state index contributed by atoms with van der Waals surface area (Å²) >= 11 is 0. The number of amides is 1. The Morgan fingerprint density at radius 3 is 2.96 bits per heavy atom. The Morgan fingerprint density at radius 2 is 2.22 bits per heavy atom. The molecular weight excluding hydrogens is 296 g/mol.